The number of hydrogen-bond donors (Lipinski definition) is 0. The molecule has 0 aliphatic rings. The van der Waals surface area contributed by atoms with Crippen molar-refractivity contribution in [2.75, 3.05) is 0 Å². The lowest BCUT2D eigenvalue weighted by atomic mass is 10.1. The summed E-state index contributed by atoms with van der Waals surface area (Å²) in [5.74, 6) is -0.118. The summed E-state index contributed by atoms with van der Waals surface area (Å²) < 4.78 is 28.9. The third-order valence-electron chi connectivity index (χ3n) is 2.17. The molecule has 1 aromatic carbocycles. The van der Waals surface area contributed by atoms with Crippen LogP contribution in [0.3, 0.4) is 0 Å². The lowest BCUT2D eigenvalue weighted by molar-refractivity contribution is -0.0498. The van der Waals surface area contributed by atoms with Gasteiger partial charge in [-0.15, -0.1) is 11.3 Å². The van der Waals surface area contributed by atoms with Gasteiger partial charge >= 0.3 is 6.61 Å². The van der Waals surface area contributed by atoms with E-state index in [1.165, 1.54) is 35.6 Å². The van der Waals surface area contributed by atoms with E-state index in [2.05, 4.69) is 20.7 Å². The SMILES string of the molecule is O=C(c1ccc(OC(F)F)cc1)c1sccc1Br. The highest BCUT2D eigenvalue weighted by atomic mass is 79.9. The molecule has 2 nitrogen and oxygen atoms in total. The molecule has 1 aromatic heterocycles. The van der Waals surface area contributed by atoms with Gasteiger partial charge < -0.3 is 4.74 Å². The molecule has 1 heterocycles. The molecule has 2 aromatic rings. The van der Waals surface area contributed by atoms with E-state index >= 15 is 0 Å². The molecule has 0 spiro atoms. The van der Waals surface area contributed by atoms with Gasteiger partial charge in [0.15, 0.2) is 0 Å². The molecule has 0 aliphatic heterocycles. The molecule has 2 rings (SSSR count). The van der Waals surface area contributed by atoms with E-state index in [1.54, 1.807) is 11.4 Å². The number of ketones is 1. The Balaban J connectivity index is 2.20. The van der Waals surface area contributed by atoms with Crippen LogP contribution in [0.5, 0.6) is 5.75 Å². The zero-order chi connectivity index (χ0) is 13.1. The van der Waals surface area contributed by atoms with Gasteiger partial charge in [-0.25, -0.2) is 0 Å². The monoisotopic (exact) mass is 332 g/mol. The molecule has 6 heteroatoms. The second-order valence-corrected chi connectivity index (χ2v) is 5.10. The standard InChI is InChI=1S/C12H7BrF2O2S/c13-9-5-6-18-11(9)10(16)7-1-3-8(4-2-7)17-12(14)15/h1-6,12H. The van der Waals surface area contributed by atoms with E-state index in [0.717, 1.165) is 4.47 Å². The molecule has 0 radical (unpaired) electrons. The first-order chi connectivity index (χ1) is 8.58. The molecule has 0 saturated carbocycles. The minimum Gasteiger partial charge on any atom is -0.435 e. The Morgan fingerprint density at radius 1 is 1.22 bits per heavy atom. The smallest absolute Gasteiger partial charge is 0.387 e. The topological polar surface area (TPSA) is 26.3 Å². The first-order valence-corrected chi connectivity index (χ1v) is 6.58. The Bertz CT molecular complexity index is 551. The largest absolute Gasteiger partial charge is 0.435 e. The molecule has 0 atom stereocenters. The molecule has 0 amide bonds. The summed E-state index contributed by atoms with van der Waals surface area (Å²) in [4.78, 5) is 12.6. The Kier molecular flexibility index (Phi) is 4.08. The normalized spacial score (nSPS) is 10.7. The van der Waals surface area contributed by atoms with E-state index < -0.39 is 6.61 Å². The number of alkyl halides is 2. The summed E-state index contributed by atoms with van der Waals surface area (Å²) in [5, 5.41) is 1.80. The van der Waals surface area contributed by atoms with Gasteiger partial charge in [-0.3, -0.25) is 4.79 Å². The highest BCUT2D eigenvalue weighted by Gasteiger charge is 2.14. The van der Waals surface area contributed by atoms with Crippen LogP contribution in [0.25, 0.3) is 0 Å². The van der Waals surface area contributed by atoms with Gasteiger partial charge in [0.2, 0.25) is 5.78 Å². The number of carbonyl (C=O) groups excluding carboxylic acids is 1. The van der Waals surface area contributed by atoms with Crippen molar-refractivity contribution in [3.05, 3.63) is 50.6 Å². The summed E-state index contributed by atoms with van der Waals surface area (Å²) in [6.07, 6.45) is 0. The van der Waals surface area contributed by atoms with Crippen LogP contribution in [0.2, 0.25) is 0 Å². The maximum Gasteiger partial charge on any atom is 0.387 e. The summed E-state index contributed by atoms with van der Waals surface area (Å²) in [6, 6.07) is 7.41. The quantitative estimate of drug-likeness (QED) is 0.778. The minimum absolute atomic E-state index is 0.0341. The number of carbonyl (C=O) groups is 1. The maximum atomic E-state index is 12.1. The molecule has 0 aliphatic carbocycles. The number of hydrogen-bond acceptors (Lipinski definition) is 3. The van der Waals surface area contributed by atoms with Gasteiger partial charge in [0.25, 0.3) is 0 Å². The Morgan fingerprint density at radius 2 is 1.89 bits per heavy atom. The van der Waals surface area contributed by atoms with Crippen molar-refractivity contribution in [3.63, 3.8) is 0 Å². The summed E-state index contributed by atoms with van der Waals surface area (Å²) >= 11 is 4.60. The predicted octanol–water partition coefficient (Wildman–Crippen LogP) is 4.34. The van der Waals surface area contributed by atoms with Crippen molar-refractivity contribution >= 4 is 33.0 Å². The van der Waals surface area contributed by atoms with Crippen LogP contribution in [0.4, 0.5) is 8.78 Å². The van der Waals surface area contributed by atoms with Crippen molar-refractivity contribution < 1.29 is 18.3 Å². The summed E-state index contributed by atoms with van der Waals surface area (Å²) in [5.41, 5.74) is 0.430. The van der Waals surface area contributed by atoms with Crippen molar-refractivity contribution in [3.8, 4) is 5.75 Å². The Hall–Kier alpha value is -1.27. The average molecular weight is 333 g/mol. The summed E-state index contributed by atoms with van der Waals surface area (Å²) in [6.45, 7) is -2.86. The van der Waals surface area contributed by atoms with Crippen molar-refractivity contribution in [1.82, 2.24) is 0 Å². The van der Waals surface area contributed by atoms with E-state index in [4.69, 9.17) is 0 Å². The van der Waals surface area contributed by atoms with E-state index in [1.807, 2.05) is 0 Å². The number of thiophene rings is 1. The second kappa shape index (κ2) is 5.58. The third-order valence-corrected chi connectivity index (χ3v) is 4.00. The van der Waals surface area contributed by atoms with E-state index in [9.17, 15) is 13.6 Å². The van der Waals surface area contributed by atoms with E-state index in [0.29, 0.717) is 10.4 Å². The molecular weight excluding hydrogens is 326 g/mol. The Morgan fingerprint density at radius 3 is 2.39 bits per heavy atom. The molecule has 0 saturated heterocycles. The lowest BCUT2D eigenvalue weighted by Crippen LogP contribution is -2.03. The highest BCUT2D eigenvalue weighted by molar-refractivity contribution is 9.10. The van der Waals surface area contributed by atoms with Crippen LogP contribution in [-0.2, 0) is 0 Å². The van der Waals surface area contributed by atoms with Gasteiger partial charge in [0.05, 0.1) is 4.88 Å². The number of ether oxygens (including phenoxy) is 1. The van der Waals surface area contributed by atoms with Crippen LogP contribution in [-0.4, -0.2) is 12.4 Å². The van der Waals surface area contributed by atoms with Gasteiger partial charge in [-0.1, -0.05) is 0 Å². The van der Waals surface area contributed by atoms with Crippen molar-refractivity contribution in [2.45, 2.75) is 6.61 Å². The number of rotatable bonds is 4. The first kappa shape index (κ1) is 13.2. The zero-order valence-corrected chi connectivity index (χ0v) is 11.3. The summed E-state index contributed by atoms with van der Waals surface area (Å²) in [7, 11) is 0. The molecule has 94 valence electrons. The highest BCUT2D eigenvalue weighted by Crippen LogP contribution is 2.26. The van der Waals surface area contributed by atoms with Gasteiger partial charge in [0.1, 0.15) is 5.75 Å². The Labute approximate surface area is 114 Å². The fourth-order valence-corrected chi connectivity index (χ4v) is 2.89. The molecular formula is C12H7BrF2O2S. The van der Waals surface area contributed by atoms with Crippen LogP contribution in [0.15, 0.2) is 40.2 Å². The molecule has 0 unspecified atom stereocenters. The van der Waals surface area contributed by atoms with Gasteiger partial charge in [-0.05, 0) is 51.6 Å². The van der Waals surface area contributed by atoms with Gasteiger partial charge in [-0.2, -0.15) is 8.78 Å². The molecule has 0 fully saturated rings. The average Bonchev–Trinajstić information content (AvgIpc) is 2.75. The fourth-order valence-electron chi connectivity index (χ4n) is 1.37. The molecule has 18 heavy (non-hydrogen) atoms. The van der Waals surface area contributed by atoms with Crippen LogP contribution >= 0.6 is 27.3 Å². The maximum absolute atomic E-state index is 12.1. The molecule has 0 N–H and O–H groups in total. The zero-order valence-electron chi connectivity index (χ0n) is 8.90. The first-order valence-electron chi connectivity index (χ1n) is 4.90. The van der Waals surface area contributed by atoms with Crippen LogP contribution in [0, 0.1) is 0 Å². The predicted molar refractivity (Wildman–Crippen MR) is 68.5 cm³/mol. The van der Waals surface area contributed by atoms with Crippen molar-refractivity contribution in [1.29, 1.82) is 0 Å². The van der Waals surface area contributed by atoms with Crippen molar-refractivity contribution in [2.24, 2.45) is 0 Å². The fraction of sp³-hybridized carbons (Fsp3) is 0.0833. The van der Waals surface area contributed by atoms with Crippen LogP contribution < -0.4 is 4.74 Å². The lowest BCUT2D eigenvalue weighted by Gasteiger charge is -2.05. The second-order valence-electron chi connectivity index (χ2n) is 3.33. The van der Waals surface area contributed by atoms with E-state index in [-0.39, 0.29) is 11.5 Å². The third kappa shape index (κ3) is 2.94. The van der Waals surface area contributed by atoms with Crippen LogP contribution in [0.1, 0.15) is 15.2 Å². The minimum atomic E-state index is -2.86. The number of benzene rings is 1. The molecule has 0 bridgehead atoms. The van der Waals surface area contributed by atoms with Gasteiger partial charge in [0, 0.05) is 10.0 Å². The number of halogens is 3.